The Kier molecular flexibility index (Phi) is 3.08. The van der Waals surface area contributed by atoms with Gasteiger partial charge in [0.15, 0.2) is 0 Å². The smallest absolute Gasteiger partial charge is 0.249 e. The van der Waals surface area contributed by atoms with Gasteiger partial charge >= 0.3 is 0 Å². The van der Waals surface area contributed by atoms with Gasteiger partial charge in [-0.3, -0.25) is 0 Å². The number of benzene rings is 2. The second kappa shape index (κ2) is 4.39. The summed E-state index contributed by atoms with van der Waals surface area (Å²) in [7, 11) is -2.83. The Hall–Kier alpha value is -1.52. The van der Waals surface area contributed by atoms with Crippen LogP contribution in [0.5, 0.6) is 0 Å². The zero-order chi connectivity index (χ0) is 12.5. The highest BCUT2D eigenvalue weighted by Crippen LogP contribution is 2.04. The van der Waals surface area contributed by atoms with Gasteiger partial charge in [-0.05, 0) is 41.2 Å². The lowest BCUT2D eigenvalue weighted by atomic mass is 10.3. The van der Waals surface area contributed by atoms with E-state index < -0.39 is 8.32 Å². The van der Waals surface area contributed by atoms with Gasteiger partial charge in [-0.25, -0.2) is 8.78 Å². The number of halogens is 2. The van der Waals surface area contributed by atoms with Crippen LogP contribution in [0.3, 0.4) is 0 Å². The van der Waals surface area contributed by atoms with Crippen molar-refractivity contribution in [3.63, 3.8) is 0 Å². The van der Waals surface area contributed by atoms with E-state index in [1.165, 1.54) is 24.3 Å². The van der Waals surface area contributed by atoms with Crippen molar-refractivity contribution in [3.05, 3.63) is 60.2 Å². The maximum absolute atomic E-state index is 12.8. The topological polar surface area (TPSA) is 20.2 Å². The predicted octanol–water partition coefficient (Wildman–Crippen LogP) is 1.65. The fraction of sp³-hybridized carbons (Fsp3) is 0.0769. The second-order valence-corrected chi connectivity index (χ2v) is 7.39. The highest BCUT2D eigenvalue weighted by atomic mass is 28.4. The number of rotatable bonds is 2. The Morgan fingerprint density at radius 2 is 1.06 bits per heavy atom. The van der Waals surface area contributed by atoms with Crippen LogP contribution in [0, 0.1) is 11.6 Å². The quantitative estimate of drug-likeness (QED) is 0.804. The van der Waals surface area contributed by atoms with Crippen molar-refractivity contribution >= 4 is 18.7 Å². The molecule has 0 amide bonds. The molecule has 0 aliphatic carbocycles. The molecule has 2 aromatic carbocycles. The third-order valence-corrected chi connectivity index (χ3v) is 5.73. The van der Waals surface area contributed by atoms with Crippen molar-refractivity contribution < 1.29 is 13.6 Å². The summed E-state index contributed by atoms with van der Waals surface area (Å²) in [4.78, 5) is 10.5. The van der Waals surface area contributed by atoms with Crippen LogP contribution in [0.25, 0.3) is 0 Å². The van der Waals surface area contributed by atoms with E-state index in [9.17, 15) is 13.6 Å². The van der Waals surface area contributed by atoms with Crippen LogP contribution in [0.15, 0.2) is 48.5 Å². The zero-order valence-electron chi connectivity index (χ0n) is 9.32. The molecule has 17 heavy (non-hydrogen) atoms. The first-order valence-electron chi connectivity index (χ1n) is 5.24. The van der Waals surface area contributed by atoms with Crippen LogP contribution in [-0.2, 0) is 0 Å². The molecular weight excluding hydrogens is 238 g/mol. The van der Waals surface area contributed by atoms with E-state index in [1.807, 2.05) is 0 Å². The Labute approximate surface area is 99.5 Å². The van der Waals surface area contributed by atoms with Crippen LogP contribution >= 0.6 is 0 Å². The van der Waals surface area contributed by atoms with Gasteiger partial charge in [0.2, 0.25) is 8.32 Å². The number of hydrogen-bond donors (Lipinski definition) is 1. The molecule has 88 valence electrons. The molecule has 0 fully saturated rings. The van der Waals surface area contributed by atoms with Gasteiger partial charge in [0, 0.05) is 0 Å². The van der Waals surface area contributed by atoms with Crippen LogP contribution in [0.4, 0.5) is 8.78 Å². The lowest BCUT2D eigenvalue weighted by molar-refractivity contribution is 0.575. The first kappa shape index (κ1) is 11.9. The SMILES string of the molecule is C[Si](O)(c1ccc(F)cc1)c1ccc(F)cc1. The van der Waals surface area contributed by atoms with Crippen LogP contribution in [0.2, 0.25) is 6.55 Å². The van der Waals surface area contributed by atoms with Crippen molar-refractivity contribution in [2.45, 2.75) is 6.55 Å². The molecule has 0 saturated carbocycles. The Balaban J connectivity index is 2.41. The average molecular weight is 250 g/mol. The molecule has 1 nitrogen and oxygen atoms in total. The van der Waals surface area contributed by atoms with E-state index in [1.54, 1.807) is 30.8 Å². The first-order chi connectivity index (χ1) is 8.00. The minimum absolute atomic E-state index is 0.336. The van der Waals surface area contributed by atoms with Crippen LogP contribution in [0.1, 0.15) is 0 Å². The Morgan fingerprint density at radius 1 is 0.765 bits per heavy atom. The standard InChI is InChI=1S/C13H12F2OSi/c1-17(16,12-6-2-10(14)3-7-12)13-8-4-11(15)5-9-13/h2-9,16H,1H3. The molecule has 4 heteroatoms. The lowest BCUT2D eigenvalue weighted by Gasteiger charge is -2.21. The molecule has 0 aliphatic rings. The molecule has 2 rings (SSSR count). The first-order valence-corrected chi connectivity index (χ1v) is 7.69. The molecule has 2 aromatic rings. The van der Waals surface area contributed by atoms with Gasteiger partial charge in [0.25, 0.3) is 0 Å². The van der Waals surface area contributed by atoms with Crippen molar-refractivity contribution in [2.24, 2.45) is 0 Å². The molecule has 1 N–H and O–H groups in total. The lowest BCUT2D eigenvalue weighted by Crippen LogP contribution is -2.55. The summed E-state index contributed by atoms with van der Waals surface area (Å²) in [6, 6.07) is 11.6. The summed E-state index contributed by atoms with van der Waals surface area (Å²) in [5.41, 5.74) is 0. The van der Waals surface area contributed by atoms with Crippen molar-refractivity contribution in [3.8, 4) is 0 Å². The van der Waals surface area contributed by atoms with Gasteiger partial charge in [-0.1, -0.05) is 24.3 Å². The maximum atomic E-state index is 12.8. The zero-order valence-corrected chi connectivity index (χ0v) is 10.3. The van der Waals surface area contributed by atoms with E-state index in [4.69, 9.17) is 0 Å². The molecule has 0 heterocycles. The van der Waals surface area contributed by atoms with Crippen molar-refractivity contribution in [1.82, 2.24) is 0 Å². The highest BCUT2D eigenvalue weighted by molar-refractivity contribution is 6.95. The normalized spacial score (nSPS) is 11.5. The van der Waals surface area contributed by atoms with E-state index in [0.29, 0.717) is 10.4 Å². The second-order valence-electron chi connectivity index (χ2n) is 4.09. The van der Waals surface area contributed by atoms with Gasteiger partial charge in [-0.2, -0.15) is 0 Å². The van der Waals surface area contributed by atoms with Crippen molar-refractivity contribution in [2.75, 3.05) is 0 Å². The predicted molar refractivity (Wildman–Crippen MR) is 65.9 cm³/mol. The molecular formula is C13H12F2OSi. The van der Waals surface area contributed by atoms with Gasteiger partial charge in [0.1, 0.15) is 11.6 Å². The maximum Gasteiger partial charge on any atom is 0.249 e. The molecule has 0 saturated heterocycles. The van der Waals surface area contributed by atoms with Gasteiger partial charge in [0.05, 0.1) is 0 Å². The van der Waals surface area contributed by atoms with Gasteiger partial charge in [-0.15, -0.1) is 0 Å². The monoisotopic (exact) mass is 250 g/mol. The molecule has 0 radical (unpaired) electrons. The molecule has 0 atom stereocenters. The van der Waals surface area contributed by atoms with E-state index in [0.717, 1.165) is 0 Å². The molecule has 0 bridgehead atoms. The third-order valence-electron chi connectivity index (χ3n) is 2.81. The largest absolute Gasteiger partial charge is 0.424 e. The summed E-state index contributed by atoms with van der Waals surface area (Å²) in [6.45, 7) is 1.73. The fourth-order valence-electron chi connectivity index (χ4n) is 1.72. The van der Waals surface area contributed by atoms with Crippen LogP contribution < -0.4 is 10.4 Å². The number of hydrogen-bond acceptors (Lipinski definition) is 1. The minimum Gasteiger partial charge on any atom is -0.424 e. The fourth-order valence-corrected chi connectivity index (χ4v) is 3.68. The van der Waals surface area contributed by atoms with E-state index in [2.05, 4.69) is 0 Å². The average Bonchev–Trinajstić information content (AvgIpc) is 2.30. The Bertz CT molecular complexity index is 458. The van der Waals surface area contributed by atoms with Gasteiger partial charge < -0.3 is 4.80 Å². The summed E-state index contributed by atoms with van der Waals surface area (Å²) < 4.78 is 25.6. The minimum atomic E-state index is -2.83. The summed E-state index contributed by atoms with van der Waals surface area (Å²) in [5.74, 6) is -0.671. The molecule has 0 spiro atoms. The third kappa shape index (κ3) is 2.43. The van der Waals surface area contributed by atoms with E-state index >= 15 is 0 Å². The summed E-state index contributed by atoms with van der Waals surface area (Å²) >= 11 is 0. The highest BCUT2D eigenvalue weighted by Gasteiger charge is 2.29. The molecule has 0 unspecified atom stereocenters. The molecule has 0 aliphatic heterocycles. The summed E-state index contributed by atoms with van der Waals surface area (Å²) in [6.07, 6.45) is 0. The molecule has 0 aromatic heterocycles. The van der Waals surface area contributed by atoms with Crippen molar-refractivity contribution in [1.29, 1.82) is 0 Å². The van der Waals surface area contributed by atoms with E-state index in [-0.39, 0.29) is 11.6 Å². The Morgan fingerprint density at radius 3 is 1.35 bits per heavy atom. The van der Waals surface area contributed by atoms with Crippen LogP contribution in [-0.4, -0.2) is 13.1 Å². The summed E-state index contributed by atoms with van der Waals surface area (Å²) in [5, 5.41) is 1.40.